The van der Waals surface area contributed by atoms with Gasteiger partial charge in [0.25, 0.3) is 0 Å². The Kier molecular flexibility index (Phi) is 9.92. The van der Waals surface area contributed by atoms with Crippen LogP contribution in [-0.2, 0) is 0 Å². The molecular formula is C62H42N4Si2. The minimum atomic E-state index is -2.84. The molecule has 0 aliphatic carbocycles. The molecular weight excluding hydrogens is 857 g/mol. The molecule has 12 rings (SSSR count). The van der Waals surface area contributed by atoms with Gasteiger partial charge >= 0.3 is 0 Å². The van der Waals surface area contributed by atoms with Crippen LogP contribution in [0.5, 0.6) is 0 Å². The zero-order valence-electron chi connectivity index (χ0n) is 37.0. The quantitative estimate of drug-likeness (QED) is 0.118. The summed E-state index contributed by atoms with van der Waals surface area (Å²) in [6, 6.07) is 94.2. The number of nitriles is 1. The van der Waals surface area contributed by atoms with E-state index < -0.39 is 16.1 Å². The Bertz CT molecular complexity index is 3200. The molecule has 2 heterocycles. The van der Waals surface area contributed by atoms with Gasteiger partial charge in [-0.3, -0.25) is 0 Å². The van der Waals surface area contributed by atoms with Crippen LogP contribution in [0.15, 0.2) is 255 Å². The fourth-order valence-electron chi connectivity index (χ4n) is 11.3. The highest BCUT2D eigenvalue weighted by atomic mass is 28.3. The third-order valence-electron chi connectivity index (χ3n) is 14.1. The van der Waals surface area contributed by atoms with Crippen LogP contribution in [0.4, 0.5) is 39.8 Å². The van der Waals surface area contributed by atoms with Gasteiger partial charge in [-0.05, 0) is 107 Å². The number of para-hydroxylation sites is 4. The molecule has 0 amide bonds. The van der Waals surface area contributed by atoms with Gasteiger partial charge < -0.3 is 9.80 Å². The van der Waals surface area contributed by atoms with E-state index in [0.717, 1.165) is 34.1 Å². The zero-order chi connectivity index (χ0) is 45.7. The maximum Gasteiger partial charge on any atom is 0.195 e. The second-order valence-electron chi connectivity index (χ2n) is 17.4. The van der Waals surface area contributed by atoms with Crippen molar-refractivity contribution >= 4 is 97.5 Å². The molecule has 10 aromatic rings. The molecule has 2 aliphatic heterocycles. The first kappa shape index (κ1) is 40.7. The lowest BCUT2D eigenvalue weighted by Crippen LogP contribution is -2.77. The monoisotopic (exact) mass is 898 g/mol. The summed E-state index contributed by atoms with van der Waals surface area (Å²) in [5.41, 5.74) is 8.66. The van der Waals surface area contributed by atoms with Crippen molar-refractivity contribution in [3.8, 4) is 17.2 Å². The molecule has 0 aromatic heterocycles. The van der Waals surface area contributed by atoms with Gasteiger partial charge in [-0.15, -0.1) is 0 Å². The number of hydrogen-bond donors (Lipinski definition) is 0. The molecule has 318 valence electrons. The van der Waals surface area contributed by atoms with Crippen molar-refractivity contribution in [3.05, 3.63) is 272 Å². The Hall–Kier alpha value is -8.79. The van der Waals surface area contributed by atoms with Crippen LogP contribution in [0, 0.1) is 17.9 Å². The Balaban J connectivity index is 1.06. The topological polar surface area (TPSA) is 34.6 Å². The third kappa shape index (κ3) is 6.03. The summed E-state index contributed by atoms with van der Waals surface area (Å²) in [7, 11) is -5.67. The first-order valence-electron chi connectivity index (χ1n) is 22.9. The number of hydrogen-bond acceptors (Lipinski definition) is 3. The van der Waals surface area contributed by atoms with Crippen LogP contribution >= 0.6 is 0 Å². The zero-order valence-corrected chi connectivity index (χ0v) is 39.0. The van der Waals surface area contributed by atoms with E-state index in [9.17, 15) is 5.26 Å². The van der Waals surface area contributed by atoms with Gasteiger partial charge in [-0.1, -0.05) is 200 Å². The summed E-state index contributed by atoms with van der Waals surface area (Å²) in [4.78, 5) is 8.85. The Morgan fingerprint density at radius 3 is 1.00 bits per heavy atom. The number of benzene rings is 10. The van der Waals surface area contributed by atoms with E-state index in [1.54, 1.807) is 0 Å². The van der Waals surface area contributed by atoms with E-state index in [1.807, 2.05) is 12.1 Å². The van der Waals surface area contributed by atoms with Crippen LogP contribution in [0.3, 0.4) is 0 Å². The predicted molar refractivity (Wildman–Crippen MR) is 287 cm³/mol. The second-order valence-corrected chi connectivity index (χ2v) is 24.8. The summed E-state index contributed by atoms with van der Waals surface area (Å²) in [5.74, 6) is 0. The van der Waals surface area contributed by atoms with E-state index in [1.165, 1.54) is 41.5 Å². The highest BCUT2D eigenvalue weighted by molar-refractivity contribution is 7.22. The molecule has 0 unspecified atom stereocenters. The number of nitrogens with zero attached hydrogens (tertiary/aromatic N) is 4. The first-order valence-corrected chi connectivity index (χ1v) is 26.9. The average molecular weight is 899 g/mol. The van der Waals surface area contributed by atoms with Crippen LogP contribution in [0.1, 0.15) is 5.56 Å². The molecule has 10 aromatic carbocycles. The molecule has 68 heavy (non-hydrogen) atoms. The summed E-state index contributed by atoms with van der Waals surface area (Å²) in [6.07, 6.45) is 0. The van der Waals surface area contributed by atoms with Gasteiger partial charge in [0.05, 0.1) is 18.2 Å². The predicted octanol–water partition coefficient (Wildman–Crippen LogP) is 10.1. The number of anilines is 6. The van der Waals surface area contributed by atoms with Crippen molar-refractivity contribution in [2.75, 3.05) is 9.80 Å². The van der Waals surface area contributed by atoms with Crippen molar-refractivity contribution in [2.45, 2.75) is 0 Å². The normalized spacial score (nSPS) is 13.7. The lowest BCUT2D eigenvalue weighted by atomic mass is 9.96. The minimum Gasteiger partial charge on any atom is -0.311 e. The molecule has 2 aliphatic rings. The SMILES string of the molecule is [C-]#[N+]c1ccc(N2c3ccccc3[Si](c3ccccc3)(c3ccccc3)c3ccccc32)cc1-c1cc(N2c3ccccc3[Si](c3ccccc3)(c3ccccc3)c3ccccc32)ccc1C#N. The maximum absolute atomic E-state index is 10.9. The second kappa shape index (κ2) is 16.6. The van der Waals surface area contributed by atoms with Gasteiger partial charge in [-0.25, -0.2) is 4.85 Å². The highest BCUT2D eigenvalue weighted by Crippen LogP contribution is 2.45. The summed E-state index contributed by atoms with van der Waals surface area (Å²) in [6.45, 7) is 8.53. The first-order chi connectivity index (χ1) is 33.7. The molecule has 0 N–H and O–H groups in total. The molecule has 0 atom stereocenters. The lowest BCUT2D eigenvalue weighted by Gasteiger charge is -2.45. The standard InChI is InChI=1S/C62H42N4Si2/c1-64-54-41-40-47(66-57-32-16-20-36-61(57)68(50-26-10-4-11-27-50,51-28-12-5-13-29-51)62-37-21-17-33-58(62)66)43-53(54)52-42-46(39-38-45(52)44-63)65-55-30-14-18-34-59(55)67(48-22-6-2-7-23-48,49-24-8-3-9-25-49)60-35-19-15-31-56(60)65/h2-43H. The fourth-order valence-corrected chi connectivity index (χ4v) is 21.6. The molecule has 0 bridgehead atoms. The highest BCUT2D eigenvalue weighted by Gasteiger charge is 2.50. The lowest BCUT2D eigenvalue weighted by molar-refractivity contribution is 1.28. The van der Waals surface area contributed by atoms with Crippen molar-refractivity contribution in [1.82, 2.24) is 0 Å². The maximum atomic E-state index is 10.9. The smallest absolute Gasteiger partial charge is 0.195 e. The van der Waals surface area contributed by atoms with Crippen LogP contribution in [0.25, 0.3) is 16.0 Å². The van der Waals surface area contributed by atoms with Crippen LogP contribution in [-0.4, -0.2) is 16.1 Å². The molecule has 6 heteroatoms. The van der Waals surface area contributed by atoms with Gasteiger partial charge in [-0.2, -0.15) is 5.26 Å². The summed E-state index contributed by atoms with van der Waals surface area (Å²) in [5, 5.41) is 21.3. The summed E-state index contributed by atoms with van der Waals surface area (Å²) >= 11 is 0. The van der Waals surface area contributed by atoms with Gasteiger partial charge in [0.2, 0.25) is 0 Å². The molecule has 0 fully saturated rings. The van der Waals surface area contributed by atoms with Gasteiger partial charge in [0.15, 0.2) is 21.8 Å². The van der Waals surface area contributed by atoms with E-state index in [-0.39, 0.29) is 0 Å². The Morgan fingerprint density at radius 1 is 0.353 bits per heavy atom. The van der Waals surface area contributed by atoms with Crippen molar-refractivity contribution in [2.24, 2.45) is 0 Å². The molecule has 4 nitrogen and oxygen atoms in total. The van der Waals surface area contributed by atoms with Crippen molar-refractivity contribution in [3.63, 3.8) is 0 Å². The van der Waals surface area contributed by atoms with Gasteiger partial charge in [0.1, 0.15) is 0 Å². The van der Waals surface area contributed by atoms with Crippen molar-refractivity contribution < 1.29 is 0 Å². The molecule has 0 radical (unpaired) electrons. The molecule has 0 spiro atoms. The van der Waals surface area contributed by atoms with Crippen molar-refractivity contribution in [1.29, 1.82) is 5.26 Å². The molecule has 0 saturated carbocycles. The molecule has 0 saturated heterocycles. The van der Waals surface area contributed by atoms with E-state index in [0.29, 0.717) is 22.4 Å². The minimum absolute atomic E-state index is 0.484. The largest absolute Gasteiger partial charge is 0.311 e. The van der Waals surface area contributed by atoms with Crippen LogP contribution in [0.2, 0.25) is 0 Å². The van der Waals surface area contributed by atoms with E-state index in [2.05, 4.69) is 263 Å². The van der Waals surface area contributed by atoms with E-state index >= 15 is 0 Å². The van der Waals surface area contributed by atoms with E-state index in [4.69, 9.17) is 6.57 Å². The van der Waals surface area contributed by atoms with Crippen LogP contribution < -0.4 is 51.3 Å². The Labute approximate surface area is 399 Å². The fraction of sp³-hybridized carbons (Fsp3) is 0. The third-order valence-corrected chi connectivity index (χ3v) is 23.8. The average Bonchev–Trinajstić information content (AvgIpc) is 3.42. The summed E-state index contributed by atoms with van der Waals surface area (Å²) < 4.78 is 0. The number of rotatable bonds is 7. The Morgan fingerprint density at radius 2 is 0.662 bits per heavy atom. The van der Waals surface area contributed by atoms with Gasteiger partial charge in [0, 0.05) is 34.1 Å². The number of fused-ring (bicyclic) bond motifs is 4.